The summed E-state index contributed by atoms with van der Waals surface area (Å²) in [6.07, 6.45) is 2.20. The molecule has 3 atom stereocenters. The topological polar surface area (TPSA) is 76.1 Å². The number of amides is 1. The van der Waals surface area contributed by atoms with Crippen LogP contribution in [0.3, 0.4) is 0 Å². The van der Waals surface area contributed by atoms with Gasteiger partial charge < -0.3 is 19.5 Å². The number of para-hydroxylation sites is 1. The van der Waals surface area contributed by atoms with Crippen molar-refractivity contribution in [3.63, 3.8) is 0 Å². The van der Waals surface area contributed by atoms with Crippen LogP contribution in [0, 0.1) is 5.92 Å². The highest BCUT2D eigenvalue weighted by Crippen LogP contribution is 2.44. The van der Waals surface area contributed by atoms with Gasteiger partial charge in [-0.05, 0) is 31.4 Å². The van der Waals surface area contributed by atoms with Crippen LogP contribution in [0.1, 0.15) is 29.6 Å². The van der Waals surface area contributed by atoms with Crippen molar-refractivity contribution in [1.82, 2.24) is 4.90 Å². The molecule has 110 valence electrons. The second kappa shape index (κ2) is 4.38. The van der Waals surface area contributed by atoms with Crippen LogP contribution >= 0.6 is 0 Å². The molecule has 2 fully saturated rings. The smallest absolute Gasteiger partial charge is 0.308 e. The van der Waals surface area contributed by atoms with Crippen LogP contribution in [0.15, 0.2) is 18.2 Å². The van der Waals surface area contributed by atoms with Gasteiger partial charge in [-0.3, -0.25) is 9.59 Å². The summed E-state index contributed by atoms with van der Waals surface area (Å²) in [4.78, 5) is 25.9. The molecule has 3 aliphatic heterocycles. The zero-order valence-electron chi connectivity index (χ0n) is 11.3. The van der Waals surface area contributed by atoms with E-state index in [0.717, 1.165) is 12.8 Å². The molecule has 1 amide bonds. The van der Waals surface area contributed by atoms with E-state index >= 15 is 0 Å². The molecule has 0 aliphatic carbocycles. The van der Waals surface area contributed by atoms with Gasteiger partial charge in [0.1, 0.15) is 0 Å². The van der Waals surface area contributed by atoms with E-state index in [4.69, 9.17) is 9.47 Å². The molecular formula is C15H15NO5. The Hall–Kier alpha value is -2.24. The third-order valence-electron chi connectivity index (χ3n) is 4.72. The van der Waals surface area contributed by atoms with Crippen LogP contribution in [-0.4, -0.2) is 40.8 Å². The first-order valence-electron chi connectivity index (χ1n) is 7.11. The van der Waals surface area contributed by atoms with Gasteiger partial charge >= 0.3 is 5.97 Å². The third kappa shape index (κ3) is 1.71. The van der Waals surface area contributed by atoms with Crippen LogP contribution in [0.2, 0.25) is 0 Å². The fraction of sp³-hybridized carbons (Fsp3) is 0.467. The number of hydrogen-bond donors (Lipinski definition) is 1. The second-order valence-corrected chi connectivity index (χ2v) is 5.73. The lowest BCUT2D eigenvalue weighted by Gasteiger charge is -2.23. The van der Waals surface area contributed by atoms with Crippen LogP contribution < -0.4 is 9.47 Å². The summed E-state index contributed by atoms with van der Waals surface area (Å²) in [5, 5.41) is 9.28. The van der Waals surface area contributed by atoms with Crippen molar-refractivity contribution < 1.29 is 24.2 Å². The average Bonchev–Trinajstić information content (AvgIpc) is 3.19. The first-order valence-corrected chi connectivity index (χ1v) is 7.11. The monoisotopic (exact) mass is 289 g/mol. The minimum atomic E-state index is -0.808. The van der Waals surface area contributed by atoms with Crippen molar-refractivity contribution in [3.8, 4) is 11.5 Å². The van der Waals surface area contributed by atoms with E-state index in [-0.39, 0.29) is 24.8 Å². The van der Waals surface area contributed by atoms with Gasteiger partial charge in [-0.1, -0.05) is 6.07 Å². The second-order valence-electron chi connectivity index (χ2n) is 5.73. The molecule has 1 aromatic rings. The number of benzene rings is 1. The number of carboxylic acids is 1. The van der Waals surface area contributed by atoms with E-state index in [9.17, 15) is 14.7 Å². The predicted octanol–water partition coefficient (Wildman–Crippen LogP) is 1.49. The van der Waals surface area contributed by atoms with E-state index < -0.39 is 11.9 Å². The van der Waals surface area contributed by atoms with Crippen molar-refractivity contribution in [2.75, 3.05) is 6.79 Å². The molecule has 4 rings (SSSR count). The Morgan fingerprint density at radius 2 is 2.10 bits per heavy atom. The molecular weight excluding hydrogens is 274 g/mol. The lowest BCUT2D eigenvalue weighted by molar-refractivity contribution is -0.142. The molecule has 3 unspecified atom stereocenters. The first kappa shape index (κ1) is 12.5. The molecule has 1 N–H and O–H groups in total. The highest BCUT2D eigenvalue weighted by molar-refractivity contribution is 5.99. The Labute approximate surface area is 121 Å². The molecule has 2 saturated heterocycles. The van der Waals surface area contributed by atoms with E-state index in [0.29, 0.717) is 23.5 Å². The van der Waals surface area contributed by atoms with Crippen LogP contribution in [0.5, 0.6) is 11.5 Å². The SMILES string of the molecule is O=C(O)C1CC2CCC1N2C(=O)c1cccc2c1OCO2. The van der Waals surface area contributed by atoms with Gasteiger partial charge in [0.15, 0.2) is 11.5 Å². The predicted molar refractivity (Wildman–Crippen MR) is 71.3 cm³/mol. The Morgan fingerprint density at radius 1 is 1.24 bits per heavy atom. The molecule has 6 heteroatoms. The molecule has 0 spiro atoms. The Kier molecular flexibility index (Phi) is 2.60. The third-order valence-corrected chi connectivity index (χ3v) is 4.72. The number of carbonyl (C=O) groups excluding carboxylic acids is 1. The fourth-order valence-corrected chi connectivity index (χ4v) is 3.81. The molecule has 3 aliphatic rings. The summed E-state index contributed by atoms with van der Waals surface area (Å²) in [6.45, 7) is 0.115. The number of carboxylic acid groups (broad SMARTS) is 1. The zero-order valence-corrected chi connectivity index (χ0v) is 11.3. The zero-order chi connectivity index (χ0) is 14.6. The maximum absolute atomic E-state index is 12.8. The Bertz CT molecular complexity index is 628. The summed E-state index contributed by atoms with van der Waals surface area (Å²) in [5.74, 6) is -0.351. The quantitative estimate of drug-likeness (QED) is 0.892. The van der Waals surface area contributed by atoms with Gasteiger partial charge in [-0.25, -0.2) is 0 Å². The minimum absolute atomic E-state index is 0.0294. The molecule has 0 radical (unpaired) electrons. The lowest BCUT2D eigenvalue weighted by atomic mass is 9.89. The summed E-state index contributed by atoms with van der Waals surface area (Å²) < 4.78 is 10.7. The highest BCUT2D eigenvalue weighted by Gasteiger charge is 2.51. The normalized spacial score (nSPS) is 29.0. The number of aliphatic carboxylic acids is 1. The first-order chi connectivity index (χ1) is 10.2. The number of ether oxygens (including phenoxy) is 2. The summed E-state index contributed by atoms with van der Waals surface area (Å²) >= 11 is 0. The maximum Gasteiger partial charge on any atom is 0.308 e. The van der Waals surface area contributed by atoms with Gasteiger partial charge in [0.2, 0.25) is 6.79 Å². The summed E-state index contributed by atoms with van der Waals surface area (Å²) in [7, 11) is 0. The van der Waals surface area contributed by atoms with Crippen molar-refractivity contribution >= 4 is 11.9 Å². The molecule has 0 aromatic heterocycles. The lowest BCUT2D eigenvalue weighted by Crippen LogP contribution is -2.38. The number of hydrogen-bond acceptors (Lipinski definition) is 4. The summed E-state index contributed by atoms with van der Waals surface area (Å²) in [6, 6.07) is 5.06. The summed E-state index contributed by atoms with van der Waals surface area (Å²) in [5.41, 5.74) is 0.466. The average molecular weight is 289 g/mol. The maximum atomic E-state index is 12.8. The number of nitrogens with zero attached hydrogens (tertiary/aromatic N) is 1. The van der Waals surface area contributed by atoms with Gasteiger partial charge in [0.05, 0.1) is 11.5 Å². The van der Waals surface area contributed by atoms with Crippen molar-refractivity contribution in [2.24, 2.45) is 5.92 Å². The molecule has 2 bridgehead atoms. The Balaban J connectivity index is 1.68. The van der Waals surface area contributed by atoms with Crippen molar-refractivity contribution in [2.45, 2.75) is 31.3 Å². The van der Waals surface area contributed by atoms with Gasteiger partial charge in [0, 0.05) is 12.1 Å². The van der Waals surface area contributed by atoms with Crippen molar-refractivity contribution in [3.05, 3.63) is 23.8 Å². The van der Waals surface area contributed by atoms with Gasteiger partial charge in [0.25, 0.3) is 5.91 Å². The number of fused-ring (bicyclic) bond motifs is 3. The van der Waals surface area contributed by atoms with Crippen LogP contribution in [-0.2, 0) is 4.79 Å². The molecule has 1 aromatic carbocycles. The standard InChI is InChI=1S/C15H15NO5/c17-14(9-2-1-3-12-13(9)21-7-20-12)16-8-4-5-11(16)10(6-8)15(18)19/h1-3,8,10-11H,4-7H2,(H,18,19). The van der Waals surface area contributed by atoms with Crippen molar-refractivity contribution in [1.29, 1.82) is 0 Å². The fourth-order valence-electron chi connectivity index (χ4n) is 3.81. The molecule has 3 heterocycles. The molecule has 21 heavy (non-hydrogen) atoms. The minimum Gasteiger partial charge on any atom is -0.481 e. The largest absolute Gasteiger partial charge is 0.481 e. The van der Waals surface area contributed by atoms with E-state index in [1.165, 1.54) is 0 Å². The van der Waals surface area contributed by atoms with Crippen LogP contribution in [0.4, 0.5) is 0 Å². The van der Waals surface area contributed by atoms with E-state index in [1.54, 1.807) is 23.1 Å². The van der Waals surface area contributed by atoms with Gasteiger partial charge in [-0.15, -0.1) is 0 Å². The van der Waals surface area contributed by atoms with E-state index in [2.05, 4.69) is 0 Å². The molecule has 0 saturated carbocycles. The van der Waals surface area contributed by atoms with Crippen LogP contribution in [0.25, 0.3) is 0 Å². The number of carbonyl (C=O) groups is 2. The highest BCUT2D eigenvalue weighted by atomic mass is 16.7. The van der Waals surface area contributed by atoms with E-state index in [1.807, 2.05) is 0 Å². The van der Waals surface area contributed by atoms with Gasteiger partial charge in [-0.2, -0.15) is 0 Å². The molecule has 6 nitrogen and oxygen atoms in total. The Morgan fingerprint density at radius 3 is 2.86 bits per heavy atom. The number of rotatable bonds is 2.